The topological polar surface area (TPSA) is 82.0 Å². The highest BCUT2D eigenvalue weighted by molar-refractivity contribution is 7.88. The zero-order valence-corrected chi connectivity index (χ0v) is 14.9. The van der Waals surface area contributed by atoms with Crippen molar-refractivity contribution in [3.63, 3.8) is 0 Å². The third kappa shape index (κ3) is 5.55. The summed E-state index contributed by atoms with van der Waals surface area (Å²) in [6, 6.07) is 13.2. The van der Waals surface area contributed by atoms with E-state index in [1.54, 1.807) is 44.2 Å². The molecule has 25 heavy (non-hydrogen) atoms. The van der Waals surface area contributed by atoms with E-state index < -0.39 is 15.8 Å². The van der Waals surface area contributed by atoms with Gasteiger partial charge in [0.2, 0.25) is 10.0 Å². The Labute approximate surface area is 147 Å². The molecule has 2 aromatic rings. The molecule has 0 aliphatic rings. The maximum absolute atomic E-state index is 13.6. The Hall–Kier alpha value is -2.43. The summed E-state index contributed by atoms with van der Waals surface area (Å²) in [4.78, 5) is 0. The second-order valence-corrected chi connectivity index (χ2v) is 7.73. The second-order valence-electron chi connectivity index (χ2n) is 5.98. The van der Waals surface area contributed by atoms with E-state index in [0.29, 0.717) is 17.8 Å². The van der Waals surface area contributed by atoms with E-state index in [-0.39, 0.29) is 17.4 Å². The van der Waals surface area contributed by atoms with E-state index in [2.05, 4.69) is 10.0 Å². The largest absolute Gasteiger partial charge is 0.380 e. The second kappa shape index (κ2) is 8.10. The number of halogens is 1. The zero-order chi connectivity index (χ0) is 18.4. The molecule has 0 aliphatic carbocycles. The third-order valence-corrected chi connectivity index (χ3v) is 4.95. The molecule has 0 atom stereocenters. The molecule has 0 saturated carbocycles. The van der Waals surface area contributed by atoms with Gasteiger partial charge in [-0.15, -0.1) is 0 Å². The van der Waals surface area contributed by atoms with E-state index in [4.69, 9.17) is 5.26 Å². The Morgan fingerprint density at radius 1 is 1.12 bits per heavy atom. The molecule has 2 rings (SSSR count). The van der Waals surface area contributed by atoms with E-state index in [0.717, 1.165) is 5.56 Å². The summed E-state index contributed by atoms with van der Waals surface area (Å²) < 4.78 is 39.9. The molecule has 0 aromatic heterocycles. The van der Waals surface area contributed by atoms with Crippen LogP contribution in [-0.2, 0) is 22.3 Å². The van der Waals surface area contributed by atoms with Crippen molar-refractivity contribution >= 4 is 15.7 Å². The van der Waals surface area contributed by atoms with Crippen LogP contribution in [0.1, 0.15) is 30.5 Å². The predicted molar refractivity (Wildman–Crippen MR) is 95.8 cm³/mol. The van der Waals surface area contributed by atoms with E-state index in [1.807, 2.05) is 6.07 Å². The van der Waals surface area contributed by atoms with Crippen LogP contribution in [0.5, 0.6) is 0 Å². The molecule has 2 aromatic carbocycles. The van der Waals surface area contributed by atoms with Crippen molar-refractivity contribution in [1.29, 1.82) is 5.26 Å². The monoisotopic (exact) mass is 361 g/mol. The standard InChI is InChI=1S/C18H20FN3O2S/c1-13(2)22-25(23,24)12-15-8-6-14(7-9-15)11-21-18-5-3-4-17(19)16(18)10-20/h3-9,13,21-22H,11-12H2,1-2H3. The van der Waals surface area contributed by atoms with Crippen molar-refractivity contribution < 1.29 is 12.8 Å². The molecule has 0 spiro atoms. The minimum absolute atomic E-state index is 0.0232. The molecule has 7 heteroatoms. The van der Waals surface area contributed by atoms with Gasteiger partial charge in [0.1, 0.15) is 17.4 Å². The number of hydrogen-bond donors (Lipinski definition) is 2. The normalized spacial score (nSPS) is 11.3. The minimum atomic E-state index is -3.36. The molecular formula is C18H20FN3O2S. The van der Waals surface area contributed by atoms with Gasteiger partial charge in [-0.1, -0.05) is 30.3 Å². The number of sulfonamides is 1. The summed E-state index contributed by atoms with van der Waals surface area (Å²) in [6.07, 6.45) is 0. The first-order valence-electron chi connectivity index (χ1n) is 7.81. The summed E-state index contributed by atoms with van der Waals surface area (Å²) in [5.74, 6) is -0.646. The third-order valence-electron chi connectivity index (χ3n) is 3.40. The van der Waals surface area contributed by atoms with Crippen LogP contribution >= 0.6 is 0 Å². The van der Waals surface area contributed by atoms with Crippen molar-refractivity contribution in [3.05, 3.63) is 65.0 Å². The molecule has 2 N–H and O–H groups in total. The first-order chi connectivity index (χ1) is 11.8. The molecule has 0 radical (unpaired) electrons. The molecule has 0 amide bonds. The Bertz CT molecular complexity index is 872. The average molecular weight is 361 g/mol. The number of benzene rings is 2. The van der Waals surface area contributed by atoms with Gasteiger partial charge in [0.05, 0.1) is 11.4 Å². The minimum Gasteiger partial charge on any atom is -0.380 e. The van der Waals surface area contributed by atoms with Crippen molar-refractivity contribution in [2.75, 3.05) is 5.32 Å². The predicted octanol–water partition coefficient (Wildman–Crippen LogP) is 3.14. The number of anilines is 1. The summed E-state index contributed by atoms with van der Waals surface area (Å²) in [5, 5.41) is 12.0. The number of hydrogen-bond acceptors (Lipinski definition) is 4. The maximum Gasteiger partial charge on any atom is 0.216 e. The van der Waals surface area contributed by atoms with Gasteiger partial charge in [-0.05, 0) is 37.1 Å². The summed E-state index contributed by atoms with van der Waals surface area (Å²) in [7, 11) is -3.36. The molecule has 0 heterocycles. The van der Waals surface area contributed by atoms with Gasteiger partial charge in [-0.25, -0.2) is 17.5 Å². The smallest absolute Gasteiger partial charge is 0.216 e. The first-order valence-corrected chi connectivity index (χ1v) is 9.46. The first kappa shape index (κ1) is 18.9. The van der Waals surface area contributed by atoms with Crippen LogP contribution in [0.2, 0.25) is 0 Å². The van der Waals surface area contributed by atoms with Gasteiger partial charge >= 0.3 is 0 Å². The SMILES string of the molecule is CC(C)NS(=O)(=O)Cc1ccc(CNc2cccc(F)c2C#N)cc1. The highest BCUT2D eigenvalue weighted by atomic mass is 32.2. The summed E-state index contributed by atoms with van der Waals surface area (Å²) in [5.41, 5.74) is 1.98. The van der Waals surface area contributed by atoms with E-state index in [9.17, 15) is 12.8 Å². The number of rotatable bonds is 7. The Morgan fingerprint density at radius 3 is 2.36 bits per heavy atom. The number of nitrogens with one attached hydrogen (secondary N) is 2. The number of nitrogens with zero attached hydrogens (tertiary/aromatic N) is 1. The van der Waals surface area contributed by atoms with Crippen LogP contribution in [-0.4, -0.2) is 14.5 Å². The fourth-order valence-electron chi connectivity index (χ4n) is 2.36. The summed E-state index contributed by atoms with van der Waals surface area (Å²) in [6.45, 7) is 3.94. The Balaban J connectivity index is 2.02. The van der Waals surface area contributed by atoms with Crippen molar-refractivity contribution in [1.82, 2.24) is 4.72 Å². The lowest BCUT2D eigenvalue weighted by Gasteiger charge is -2.11. The van der Waals surface area contributed by atoms with Crippen LogP contribution in [0, 0.1) is 17.1 Å². The van der Waals surface area contributed by atoms with Gasteiger partial charge in [0.25, 0.3) is 0 Å². The Morgan fingerprint density at radius 2 is 1.76 bits per heavy atom. The zero-order valence-electron chi connectivity index (χ0n) is 14.1. The van der Waals surface area contributed by atoms with Crippen LogP contribution in [0.4, 0.5) is 10.1 Å². The number of nitriles is 1. The highest BCUT2D eigenvalue weighted by Gasteiger charge is 2.13. The fourth-order valence-corrected chi connectivity index (χ4v) is 3.79. The maximum atomic E-state index is 13.6. The van der Waals surface area contributed by atoms with Gasteiger partial charge in [0, 0.05) is 12.6 Å². The quantitative estimate of drug-likeness (QED) is 0.794. The fraction of sp³-hybridized carbons (Fsp3) is 0.278. The van der Waals surface area contributed by atoms with E-state index in [1.165, 1.54) is 12.1 Å². The van der Waals surface area contributed by atoms with Crippen LogP contribution in [0.3, 0.4) is 0 Å². The van der Waals surface area contributed by atoms with Crippen molar-refractivity contribution in [2.45, 2.75) is 32.2 Å². The molecule has 5 nitrogen and oxygen atoms in total. The lowest BCUT2D eigenvalue weighted by atomic mass is 10.1. The van der Waals surface area contributed by atoms with Gasteiger partial charge in [0.15, 0.2) is 0 Å². The molecular weight excluding hydrogens is 341 g/mol. The molecule has 0 fully saturated rings. The van der Waals surface area contributed by atoms with Crippen molar-refractivity contribution in [2.24, 2.45) is 0 Å². The van der Waals surface area contributed by atoms with Gasteiger partial charge < -0.3 is 5.32 Å². The van der Waals surface area contributed by atoms with Gasteiger partial charge in [-0.3, -0.25) is 0 Å². The van der Waals surface area contributed by atoms with E-state index >= 15 is 0 Å². The lowest BCUT2D eigenvalue weighted by molar-refractivity contribution is 0.569. The molecule has 0 saturated heterocycles. The highest BCUT2D eigenvalue weighted by Crippen LogP contribution is 2.19. The summed E-state index contributed by atoms with van der Waals surface area (Å²) >= 11 is 0. The van der Waals surface area contributed by atoms with Crippen LogP contribution in [0.15, 0.2) is 42.5 Å². The molecule has 0 unspecified atom stereocenters. The molecule has 0 bridgehead atoms. The Kier molecular flexibility index (Phi) is 6.12. The van der Waals surface area contributed by atoms with Crippen molar-refractivity contribution in [3.8, 4) is 6.07 Å². The molecule has 132 valence electrons. The lowest BCUT2D eigenvalue weighted by Crippen LogP contribution is -2.31. The van der Waals surface area contributed by atoms with Crippen LogP contribution in [0.25, 0.3) is 0 Å². The molecule has 0 aliphatic heterocycles. The van der Waals surface area contributed by atoms with Gasteiger partial charge in [-0.2, -0.15) is 5.26 Å². The van der Waals surface area contributed by atoms with Crippen LogP contribution < -0.4 is 10.0 Å². The average Bonchev–Trinajstić information content (AvgIpc) is 2.52.